The summed E-state index contributed by atoms with van der Waals surface area (Å²) in [5.74, 6) is 0. The molecule has 0 aromatic heterocycles. The summed E-state index contributed by atoms with van der Waals surface area (Å²) >= 11 is 0. The van der Waals surface area contributed by atoms with Crippen LogP contribution in [-0.4, -0.2) is 49.8 Å². The number of likely N-dealkylation sites (tertiary alicyclic amines) is 1. The Hall–Kier alpha value is -0.120. The smallest absolute Gasteiger partial charge is 0.0700 e. The van der Waals surface area contributed by atoms with Gasteiger partial charge in [-0.15, -0.1) is 0 Å². The van der Waals surface area contributed by atoms with Crippen molar-refractivity contribution in [1.29, 1.82) is 0 Å². The lowest BCUT2D eigenvalue weighted by Crippen LogP contribution is -2.47. The molecule has 2 saturated heterocycles. The molecule has 3 nitrogen and oxygen atoms in total. The van der Waals surface area contributed by atoms with Gasteiger partial charge in [-0.05, 0) is 46.2 Å². The van der Waals surface area contributed by atoms with Crippen molar-refractivity contribution in [3.8, 4) is 0 Å². The van der Waals surface area contributed by atoms with Crippen molar-refractivity contribution in [2.24, 2.45) is 0 Å². The van der Waals surface area contributed by atoms with Crippen molar-refractivity contribution in [3.63, 3.8) is 0 Å². The monoisotopic (exact) mass is 212 g/mol. The molecule has 2 heterocycles. The van der Waals surface area contributed by atoms with Gasteiger partial charge in [-0.1, -0.05) is 0 Å². The maximum atomic E-state index is 5.62. The molecule has 2 aliphatic heterocycles. The Balaban J connectivity index is 1.66. The summed E-state index contributed by atoms with van der Waals surface area (Å²) in [7, 11) is 2.22. The third kappa shape index (κ3) is 3.16. The summed E-state index contributed by atoms with van der Waals surface area (Å²) in [6.07, 6.45) is 5.54. The zero-order valence-electron chi connectivity index (χ0n) is 10.0. The van der Waals surface area contributed by atoms with Crippen molar-refractivity contribution in [3.05, 3.63) is 0 Å². The standard InChI is InChI=1S/C12H24N2O/c1-10-8-11(5-6-14(10)2)13-9-12-4-3-7-15-12/h10-13H,3-9H2,1-2H3. The fraction of sp³-hybridized carbons (Fsp3) is 1.00. The second-order valence-electron chi connectivity index (χ2n) is 5.09. The van der Waals surface area contributed by atoms with Crippen LogP contribution in [0, 0.1) is 0 Å². The lowest BCUT2D eigenvalue weighted by Gasteiger charge is -2.35. The molecular weight excluding hydrogens is 188 g/mol. The second-order valence-corrected chi connectivity index (χ2v) is 5.09. The number of piperidine rings is 1. The fourth-order valence-corrected chi connectivity index (χ4v) is 2.58. The molecule has 0 saturated carbocycles. The second kappa shape index (κ2) is 5.28. The minimum absolute atomic E-state index is 0.486. The summed E-state index contributed by atoms with van der Waals surface area (Å²) in [6.45, 7) is 5.57. The molecule has 0 aromatic rings. The van der Waals surface area contributed by atoms with Crippen LogP contribution in [0.1, 0.15) is 32.6 Å². The average molecular weight is 212 g/mol. The minimum Gasteiger partial charge on any atom is -0.377 e. The van der Waals surface area contributed by atoms with Crippen molar-refractivity contribution in [2.45, 2.75) is 50.8 Å². The Morgan fingerprint density at radius 1 is 1.40 bits per heavy atom. The maximum absolute atomic E-state index is 5.62. The first-order valence-corrected chi connectivity index (χ1v) is 6.31. The topological polar surface area (TPSA) is 24.5 Å². The van der Waals surface area contributed by atoms with Gasteiger partial charge in [-0.2, -0.15) is 0 Å². The number of nitrogens with one attached hydrogen (secondary N) is 1. The molecule has 15 heavy (non-hydrogen) atoms. The summed E-state index contributed by atoms with van der Waals surface area (Å²) in [4.78, 5) is 2.45. The zero-order chi connectivity index (χ0) is 10.7. The molecule has 0 spiro atoms. The van der Waals surface area contributed by atoms with Gasteiger partial charge in [0.2, 0.25) is 0 Å². The highest BCUT2D eigenvalue weighted by Gasteiger charge is 2.23. The van der Waals surface area contributed by atoms with Gasteiger partial charge in [-0.25, -0.2) is 0 Å². The fourth-order valence-electron chi connectivity index (χ4n) is 2.58. The van der Waals surface area contributed by atoms with Crippen LogP contribution in [0.25, 0.3) is 0 Å². The van der Waals surface area contributed by atoms with E-state index >= 15 is 0 Å². The van der Waals surface area contributed by atoms with E-state index in [4.69, 9.17) is 4.74 Å². The first kappa shape index (κ1) is 11.4. The highest BCUT2D eigenvalue weighted by molar-refractivity contribution is 4.82. The van der Waals surface area contributed by atoms with Gasteiger partial charge in [0.05, 0.1) is 6.10 Å². The summed E-state index contributed by atoms with van der Waals surface area (Å²) in [5.41, 5.74) is 0. The Bertz CT molecular complexity index is 192. The molecule has 3 heteroatoms. The minimum atomic E-state index is 0.486. The van der Waals surface area contributed by atoms with Crippen molar-refractivity contribution >= 4 is 0 Å². The van der Waals surface area contributed by atoms with Crippen LogP contribution >= 0.6 is 0 Å². The van der Waals surface area contributed by atoms with Crippen LogP contribution in [0.4, 0.5) is 0 Å². The van der Waals surface area contributed by atoms with Gasteiger partial charge in [0.1, 0.15) is 0 Å². The van der Waals surface area contributed by atoms with Gasteiger partial charge in [-0.3, -0.25) is 0 Å². The van der Waals surface area contributed by atoms with Crippen LogP contribution in [0.15, 0.2) is 0 Å². The molecule has 0 amide bonds. The number of ether oxygens (including phenoxy) is 1. The largest absolute Gasteiger partial charge is 0.377 e. The maximum Gasteiger partial charge on any atom is 0.0700 e. The molecule has 0 bridgehead atoms. The van der Waals surface area contributed by atoms with Gasteiger partial charge >= 0.3 is 0 Å². The molecule has 2 fully saturated rings. The SMILES string of the molecule is CC1CC(NCC2CCCO2)CCN1C. The Labute approximate surface area is 93.2 Å². The van der Waals surface area contributed by atoms with Gasteiger partial charge < -0.3 is 15.0 Å². The Morgan fingerprint density at radius 3 is 2.93 bits per heavy atom. The van der Waals surface area contributed by atoms with E-state index in [1.165, 1.54) is 32.2 Å². The van der Waals surface area contributed by atoms with Gasteiger partial charge in [0, 0.05) is 25.2 Å². The first-order valence-electron chi connectivity index (χ1n) is 6.31. The van der Waals surface area contributed by atoms with Crippen molar-refractivity contribution < 1.29 is 4.74 Å². The van der Waals surface area contributed by atoms with E-state index in [0.717, 1.165) is 19.2 Å². The molecule has 3 unspecified atom stereocenters. The van der Waals surface area contributed by atoms with Crippen LogP contribution in [0.2, 0.25) is 0 Å². The van der Waals surface area contributed by atoms with E-state index in [1.54, 1.807) is 0 Å². The molecule has 0 aromatic carbocycles. The number of hydrogen-bond donors (Lipinski definition) is 1. The Kier molecular flexibility index (Phi) is 4.00. The van der Waals surface area contributed by atoms with E-state index < -0.39 is 0 Å². The zero-order valence-corrected chi connectivity index (χ0v) is 10.0. The van der Waals surface area contributed by atoms with E-state index in [2.05, 4.69) is 24.2 Å². The number of hydrogen-bond acceptors (Lipinski definition) is 3. The predicted octanol–water partition coefficient (Wildman–Crippen LogP) is 1.24. The average Bonchev–Trinajstić information content (AvgIpc) is 2.73. The van der Waals surface area contributed by atoms with Crippen LogP contribution in [-0.2, 0) is 4.74 Å². The third-order valence-corrected chi connectivity index (χ3v) is 3.87. The van der Waals surface area contributed by atoms with Crippen LogP contribution in [0.3, 0.4) is 0 Å². The molecule has 0 aliphatic carbocycles. The van der Waals surface area contributed by atoms with E-state index in [9.17, 15) is 0 Å². The van der Waals surface area contributed by atoms with E-state index in [1.807, 2.05) is 0 Å². The van der Waals surface area contributed by atoms with Gasteiger partial charge in [0.15, 0.2) is 0 Å². The normalized spacial score (nSPS) is 38.4. The number of rotatable bonds is 3. The van der Waals surface area contributed by atoms with E-state index in [-0.39, 0.29) is 0 Å². The molecule has 2 aliphatic rings. The summed E-state index contributed by atoms with van der Waals surface area (Å²) < 4.78 is 5.62. The molecule has 88 valence electrons. The van der Waals surface area contributed by atoms with Crippen molar-refractivity contribution in [2.75, 3.05) is 26.7 Å². The number of nitrogens with zero attached hydrogens (tertiary/aromatic N) is 1. The molecular formula is C12H24N2O. The molecule has 1 N–H and O–H groups in total. The Morgan fingerprint density at radius 2 is 2.27 bits per heavy atom. The molecule has 2 rings (SSSR count). The summed E-state index contributed by atoms with van der Waals surface area (Å²) in [6, 6.07) is 1.43. The van der Waals surface area contributed by atoms with Crippen molar-refractivity contribution in [1.82, 2.24) is 10.2 Å². The quantitative estimate of drug-likeness (QED) is 0.762. The first-order chi connectivity index (χ1) is 7.25. The lowest BCUT2D eigenvalue weighted by molar-refractivity contribution is 0.0991. The highest BCUT2D eigenvalue weighted by Crippen LogP contribution is 2.16. The van der Waals surface area contributed by atoms with E-state index in [0.29, 0.717) is 12.1 Å². The van der Waals surface area contributed by atoms with Crippen LogP contribution < -0.4 is 5.32 Å². The predicted molar refractivity (Wildman–Crippen MR) is 62.1 cm³/mol. The molecule has 3 atom stereocenters. The lowest BCUT2D eigenvalue weighted by atomic mass is 9.99. The summed E-state index contributed by atoms with van der Waals surface area (Å²) in [5, 5.41) is 3.66. The molecule has 0 radical (unpaired) electrons. The third-order valence-electron chi connectivity index (χ3n) is 3.87. The van der Waals surface area contributed by atoms with Gasteiger partial charge in [0.25, 0.3) is 0 Å². The van der Waals surface area contributed by atoms with Crippen LogP contribution in [0.5, 0.6) is 0 Å². The highest BCUT2D eigenvalue weighted by atomic mass is 16.5.